The van der Waals surface area contributed by atoms with Gasteiger partial charge in [0, 0.05) is 29.9 Å². The lowest BCUT2D eigenvalue weighted by molar-refractivity contribution is 0.164. The van der Waals surface area contributed by atoms with E-state index in [2.05, 4.69) is 68.3 Å². The van der Waals surface area contributed by atoms with Gasteiger partial charge in [0.25, 0.3) is 0 Å². The number of methoxy groups -OCH3 is 1. The molecule has 0 fully saturated rings. The number of allylic oxidation sites excluding steroid dienone is 1. The van der Waals surface area contributed by atoms with E-state index in [0.29, 0.717) is 18.6 Å². The fraction of sp³-hybridized carbons (Fsp3) is 0.400. The van der Waals surface area contributed by atoms with Crippen molar-refractivity contribution in [3.05, 3.63) is 76.9 Å². The summed E-state index contributed by atoms with van der Waals surface area (Å²) < 4.78 is 5.46. The van der Waals surface area contributed by atoms with Crippen LogP contribution < -0.4 is 0 Å². The van der Waals surface area contributed by atoms with Crippen LogP contribution in [-0.2, 0) is 4.74 Å². The van der Waals surface area contributed by atoms with Gasteiger partial charge in [-0.1, -0.05) is 67.9 Å². The molecule has 2 aromatic carbocycles. The minimum atomic E-state index is 0.108. The van der Waals surface area contributed by atoms with Crippen molar-refractivity contribution < 1.29 is 4.74 Å². The first-order valence-electron chi connectivity index (χ1n) is 10.4. The Morgan fingerprint density at radius 3 is 2.45 bits per heavy atom. The molecule has 4 heteroatoms. The summed E-state index contributed by atoms with van der Waals surface area (Å²) in [7, 11) is 1.75. The number of rotatable bonds is 6. The lowest BCUT2D eigenvalue weighted by Crippen LogP contribution is -2.39. The van der Waals surface area contributed by atoms with Gasteiger partial charge in [0.1, 0.15) is 5.84 Å². The summed E-state index contributed by atoms with van der Waals surface area (Å²) in [6, 6.07) is 19.1. The second-order valence-electron chi connectivity index (χ2n) is 8.04. The van der Waals surface area contributed by atoms with E-state index in [4.69, 9.17) is 21.3 Å². The molecule has 0 saturated heterocycles. The van der Waals surface area contributed by atoms with Gasteiger partial charge >= 0.3 is 0 Å². The Kier molecular flexibility index (Phi) is 7.51. The Balaban J connectivity index is 2.05. The lowest BCUT2D eigenvalue weighted by Gasteiger charge is -2.35. The highest BCUT2D eigenvalue weighted by Gasteiger charge is 2.25. The molecule has 1 aliphatic heterocycles. The van der Waals surface area contributed by atoms with Crippen LogP contribution >= 0.6 is 11.6 Å². The van der Waals surface area contributed by atoms with Gasteiger partial charge in [-0.3, -0.25) is 4.99 Å². The largest absolute Gasteiger partial charge is 0.382 e. The third-order valence-electron chi connectivity index (χ3n) is 5.49. The Labute approximate surface area is 180 Å². The molecular weight excluding hydrogens is 380 g/mol. The molecule has 2 atom stereocenters. The summed E-state index contributed by atoms with van der Waals surface area (Å²) >= 11 is 6.09. The van der Waals surface area contributed by atoms with Crippen LogP contribution in [0.1, 0.15) is 44.7 Å². The molecule has 3 rings (SSSR count). The van der Waals surface area contributed by atoms with E-state index in [0.717, 1.165) is 29.3 Å². The van der Waals surface area contributed by atoms with Crippen LogP contribution in [0.4, 0.5) is 0 Å². The first-order valence-corrected chi connectivity index (χ1v) is 10.7. The molecule has 0 amide bonds. The van der Waals surface area contributed by atoms with Crippen LogP contribution in [-0.4, -0.2) is 36.5 Å². The van der Waals surface area contributed by atoms with Gasteiger partial charge in [-0.15, -0.1) is 0 Å². The fourth-order valence-electron chi connectivity index (χ4n) is 3.60. The number of aliphatic imine (C=N–C) groups is 1. The zero-order chi connectivity index (χ0) is 20.8. The van der Waals surface area contributed by atoms with E-state index in [1.54, 1.807) is 7.11 Å². The highest BCUT2D eigenvalue weighted by Crippen LogP contribution is 2.30. The molecule has 0 aliphatic carbocycles. The lowest BCUT2D eigenvalue weighted by atomic mass is 9.95. The molecule has 3 nitrogen and oxygen atoms in total. The molecule has 0 N–H and O–H groups in total. The average Bonchev–Trinajstić information content (AvgIpc) is 2.73. The topological polar surface area (TPSA) is 24.8 Å². The van der Waals surface area contributed by atoms with Gasteiger partial charge < -0.3 is 9.64 Å². The third-order valence-corrected chi connectivity index (χ3v) is 5.74. The smallest absolute Gasteiger partial charge is 0.135 e. The molecule has 29 heavy (non-hydrogen) atoms. The number of ether oxygens (including phenoxy) is 1. The summed E-state index contributed by atoms with van der Waals surface area (Å²) in [6.07, 6.45) is 4.40. The van der Waals surface area contributed by atoms with Crippen molar-refractivity contribution in [1.82, 2.24) is 4.90 Å². The average molecular weight is 411 g/mol. The van der Waals surface area contributed by atoms with Gasteiger partial charge in [0.05, 0.1) is 12.6 Å². The number of benzene rings is 2. The summed E-state index contributed by atoms with van der Waals surface area (Å²) in [5, 5.41) is 0.765. The maximum absolute atomic E-state index is 6.09. The Bertz CT molecular complexity index is 843. The zero-order valence-corrected chi connectivity index (χ0v) is 18.6. The summed E-state index contributed by atoms with van der Waals surface area (Å²) in [5.74, 6) is 1.41. The summed E-state index contributed by atoms with van der Waals surface area (Å²) in [6.45, 7) is 7.28. The second-order valence-corrected chi connectivity index (χ2v) is 8.48. The molecule has 2 aromatic rings. The summed E-state index contributed by atoms with van der Waals surface area (Å²) in [4.78, 5) is 7.54. The maximum atomic E-state index is 6.09. The van der Waals surface area contributed by atoms with E-state index in [1.165, 1.54) is 11.1 Å². The van der Waals surface area contributed by atoms with Crippen molar-refractivity contribution in [1.29, 1.82) is 0 Å². The minimum Gasteiger partial charge on any atom is -0.382 e. The predicted octanol–water partition coefficient (Wildman–Crippen LogP) is 6.28. The summed E-state index contributed by atoms with van der Waals surface area (Å²) in [5.41, 5.74) is 3.67. The first kappa shape index (κ1) is 21.6. The van der Waals surface area contributed by atoms with Crippen LogP contribution in [0.3, 0.4) is 0 Å². The van der Waals surface area contributed by atoms with Crippen molar-refractivity contribution in [3.63, 3.8) is 0 Å². The molecule has 0 unspecified atom stereocenters. The zero-order valence-electron chi connectivity index (χ0n) is 17.8. The van der Waals surface area contributed by atoms with Crippen LogP contribution in [0.15, 0.2) is 65.8 Å². The van der Waals surface area contributed by atoms with E-state index < -0.39 is 0 Å². The predicted molar refractivity (Wildman–Crippen MR) is 123 cm³/mol. The molecular formula is C25H31ClN2O. The SMILES string of the molecule is COC[C@H](N=C(c1ccccc1)N1C=C(c2ccc(Cl)cc2)CC[C@H]1C)C(C)C. The normalized spacial score (nSPS) is 18.7. The Hall–Kier alpha value is -2.10. The van der Waals surface area contributed by atoms with Gasteiger partial charge in [-0.2, -0.15) is 0 Å². The Morgan fingerprint density at radius 1 is 1.14 bits per heavy atom. The number of nitrogens with zero attached hydrogens (tertiary/aromatic N) is 2. The maximum Gasteiger partial charge on any atom is 0.135 e. The van der Waals surface area contributed by atoms with Crippen molar-refractivity contribution in [2.24, 2.45) is 10.9 Å². The number of amidine groups is 1. The van der Waals surface area contributed by atoms with Gasteiger partial charge in [0.2, 0.25) is 0 Å². The molecule has 1 aliphatic rings. The number of hydrogen-bond donors (Lipinski definition) is 0. The van der Waals surface area contributed by atoms with Crippen molar-refractivity contribution in [2.75, 3.05) is 13.7 Å². The number of hydrogen-bond acceptors (Lipinski definition) is 2. The van der Waals surface area contributed by atoms with Crippen LogP contribution in [0.2, 0.25) is 5.02 Å². The second kappa shape index (κ2) is 10.1. The van der Waals surface area contributed by atoms with Crippen molar-refractivity contribution >= 4 is 23.0 Å². The van der Waals surface area contributed by atoms with Crippen LogP contribution in [0.25, 0.3) is 5.57 Å². The highest BCUT2D eigenvalue weighted by atomic mass is 35.5. The minimum absolute atomic E-state index is 0.108. The van der Waals surface area contributed by atoms with Gasteiger partial charge in [-0.25, -0.2) is 0 Å². The van der Waals surface area contributed by atoms with Crippen LogP contribution in [0, 0.1) is 5.92 Å². The molecule has 0 radical (unpaired) electrons. The van der Waals surface area contributed by atoms with E-state index in [9.17, 15) is 0 Å². The number of halogens is 1. The van der Waals surface area contributed by atoms with Gasteiger partial charge in [-0.05, 0) is 49.0 Å². The molecule has 0 spiro atoms. The van der Waals surface area contributed by atoms with Crippen molar-refractivity contribution in [3.8, 4) is 0 Å². The highest BCUT2D eigenvalue weighted by molar-refractivity contribution is 6.30. The third kappa shape index (κ3) is 5.49. The molecule has 0 bridgehead atoms. The van der Waals surface area contributed by atoms with E-state index >= 15 is 0 Å². The Morgan fingerprint density at radius 2 is 1.83 bits per heavy atom. The van der Waals surface area contributed by atoms with E-state index in [1.807, 2.05) is 18.2 Å². The quantitative estimate of drug-likeness (QED) is 0.413. The van der Waals surface area contributed by atoms with Crippen LogP contribution in [0.5, 0.6) is 0 Å². The standard InChI is InChI=1S/C25H31ClN2O/c1-18(2)24(17-29-4)27-25(21-8-6-5-7-9-21)28-16-22(11-10-19(28)3)20-12-14-23(26)15-13-20/h5-9,12-16,18-19,24H,10-11,17H2,1-4H3/t19-,24+/m1/s1. The fourth-order valence-corrected chi connectivity index (χ4v) is 3.73. The molecule has 1 heterocycles. The molecule has 154 valence electrons. The van der Waals surface area contributed by atoms with E-state index in [-0.39, 0.29) is 6.04 Å². The monoisotopic (exact) mass is 410 g/mol. The van der Waals surface area contributed by atoms with Gasteiger partial charge in [0.15, 0.2) is 0 Å². The molecule has 0 aromatic heterocycles. The van der Waals surface area contributed by atoms with Crippen molar-refractivity contribution in [2.45, 2.75) is 45.7 Å². The first-order chi connectivity index (χ1) is 14.0. The molecule has 0 saturated carbocycles.